The molecule has 0 aromatic carbocycles. The SMILES string of the molecule is CCc1cc(CC)n(-c2cc(NC)nc(C(C)C)n2)n1. The van der Waals surface area contributed by atoms with Crippen molar-refractivity contribution >= 4 is 5.82 Å². The van der Waals surface area contributed by atoms with Crippen molar-refractivity contribution in [2.45, 2.75) is 46.5 Å². The van der Waals surface area contributed by atoms with Crippen LogP contribution in [0.5, 0.6) is 0 Å². The van der Waals surface area contributed by atoms with Gasteiger partial charge in [-0.3, -0.25) is 0 Å². The Balaban J connectivity index is 2.56. The molecule has 0 fully saturated rings. The van der Waals surface area contributed by atoms with Crippen LogP contribution in [0.3, 0.4) is 0 Å². The third-order valence-corrected chi connectivity index (χ3v) is 3.28. The Bertz CT molecular complexity index is 586. The Labute approximate surface area is 120 Å². The number of aryl methyl sites for hydroxylation is 2. The van der Waals surface area contributed by atoms with Crippen LogP contribution < -0.4 is 5.32 Å². The number of hydrogen-bond acceptors (Lipinski definition) is 4. The predicted molar refractivity (Wildman–Crippen MR) is 81.5 cm³/mol. The second-order valence-corrected chi connectivity index (χ2v) is 5.12. The molecule has 0 radical (unpaired) electrons. The van der Waals surface area contributed by atoms with Crippen molar-refractivity contribution in [3.63, 3.8) is 0 Å². The number of aromatic nitrogens is 4. The zero-order valence-electron chi connectivity index (χ0n) is 12.9. The van der Waals surface area contributed by atoms with Crippen molar-refractivity contribution in [3.05, 3.63) is 29.3 Å². The van der Waals surface area contributed by atoms with Gasteiger partial charge in [-0.1, -0.05) is 27.7 Å². The number of nitrogens with zero attached hydrogens (tertiary/aromatic N) is 4. The lowest BCUT2D eigenvalue weighted by molar-refractivity contribution is 0.725. The summed E-state index contributed by atoms with van der Waals surface area (Å²) in [5.41, 5.74) is 2.27. The van der Waals surface area contributed by atoms with Gasteiger partial charge < -0.3 is 5.32 Å². The van der Waals surface area contributed by atoms with E-state index in [1.54, 1.807) is 0 Å². The number of rotatable bonds is 5. The molecule has 2 heterocycles. The van der Waals surface area contributed by atoms with Crippen LogP contribution in [0.25, 0.3) is 5.82 Å². The predicted octanol–water partition coefficient (Wildman–Crippen LogP) is 2.95. The zero-order chi connectivity index (χ0) is 14.7. The second kappa shape index (κ2) is 6.03. The van der Waals surface area contributed by atoms with Crippen molar-refractivity contribution in [1.82, 2.24) is 19.7 Å². The minimum absolute atomic E-state index is 0.285. The van der Waals surface area contributed by atoms with E-state index >= 15 is 0 Å². The van der Waals surface area contributed by atoms with Gasteiger partial charge in [0.05, 0.1) is 5.69 Å². The van der Waals surface area contributed by atoms with Crippen LogP contribution in [-0.2, 0) is 12.8 Å². The maximum atomic E-state index is 4.66. The first-order chi connectivity index (χ1) is 9.58. The van der Waals surface area contributed by atoms with E-state index in [1.807, 2.05) is 17.8 Å². The van der Waals surface area contributed by atoms with Gasteiger partial charge in [-0.15, -0.1) is 0 Å². The molecule has 0 spiro atoms. The van der Waals surface area contributed by atoms with Crippen LogP contribution in [0.15, 0.2) is 12.1 Å². The standard InChI is InChI=1S/C15H23N5/c1-6-11-8-12(7-2)20(19-11)14-9-13(16-5)17-15(18-14)10(3)4/h8-10H,6-7H2,1-5H3,(H,16,17,18). The molecule has 1 N–H and O–H groups in total. The molecule has 0 bridgehead atoms. The molecular formula is C15H23N5. The average molecular weight is 273 g/mol. The van der Waals surface area contributed by atoms with Gasteiger partial charge in [-0.05, 0) is 18.9 Å². The average Bonchev–Trinajstić information content (AvgIpc) is 2.90. The van der Waals surface area contributed by atoms with Gasteiger partial charge in [-0.25, -0.2) is 14.6 Å². The normalized spacial score (nSPS) is 11.1. The van der Waals surface area contributed by atoms with Crippen LogP contribution in [0.4, 0.5) is 5.82 Å². The molecule has 2 rings (SSSR count). The first-order valence-electron chi connectivity index (χ1n) is 7.23. The van der Waals surface area contributed by atoms with E-state index < -0.39 is 0 Å². The van der Waals surface area contributed by atoms with Crippen LogP contribution in [0, 0.1) is 0 Å². The highest BCUT2D eigenvalue weighted by Crippen LogP contribution is 2.18. The molecule has 0 amide bonds. The minimum Gasteiger partial charge on any atom is -0.373 e. The van der Waals surface area contributed by atoms with E-state index in [1.165, 1.54) is 5.69 Å². The topological polar surface area (TPSA) is 55.6 Å². The summed E-state index contributed by atoms with van der Waals surface area (Å²) in [6, 6.07) is 4.09. The van der Waals surface area contributed by atoms with Crippen LogP contribution in [-0.4, -0.2) is 26.8 Å². The van der Waals surface area contributed by atoms with E-state index in [4.69, 9.17) is 0 Å². The van der Waals surface area contributed by atoms with Crippen LogP contribution in [0.1, 0.15) is 50.8 Å². The van der Waals surface area contributed by atoms with Crippen molar-refractivity contribution in [1.29, 1.82) is 0 Å². The summed E-state index contributed by atoms with van der Waals surface area (Å²) in [6.45, 7) is 8.45. The largest absolute Gasteiger partial charge is 0.373 e. The second-order valence-electron chi connectivity index (χ2n) is 5.12. The van der Waals surface area contributed by atoms with Crippen LogP contribution >= 0.6 is 0 Å². The molecule has 0 saturated carbocycles. The van der Waals surface area contributed by atoms with E-state index in [9.17, 15) is 0 Å². The molecule has 0 aliphatic heterocycles. The molecule has 0 atom stereocenters. The number of nitrogens with one attached hydrogen (secondary N) is 1. The van der Waals surface area contributed by atoms with Crippen molar-refractivity contribution in [2.24, 2.45) is 0 Å². The summed E-state index contributed by atoms with van der Waals surface area (Å²) < 4.78 is 1.94. The Kier molecular flexibility index (Phi) is 4.37. The lowest BCUT2D eigenvalue weighted by atomic mass is 10.2. The third kappa shape index (κ3) is 2.81. The molecule has 0 saturated heterocycles. The fourth-order valence-electron chi connectivity index (χ4n) is 2.05. The summed E-state index contributed by atoms with van der Waals surface area (Å²) in [7, 11) is 1.87. The maximum Gasteiger partial charge on any atom is 0.159 e. The Morgan fingerprint density at radius 2 is 1.90 bits per heavy atom. The van der Waals surface area contributed by atoms with Gasteiger partial charge in [0.25, 0.3) is 0 Å². The Morgan fingerprint density at radius 1 is 1.15 bits per heavy atom. The molecule has 2 aromatic heterocycles. The van der Waals surface area contributed by atoms with E-state index in [0.29, 0.717) is 0 Å². The lowest BCUT2D eigenvalue weighted by Crippen LogP contribution is -2.10. The quantitative estimate of drug-likeness (QED) is 0.910. The molecule has 5 heteroatoms. The smallest absolute Gasteiger partial charge is 0.159 e. The van der Waals surface area contributed by atoms with Gasteiger partial charge in [-0.2, -0.15) is 5.10 Å². The fourth-order valence-corrected chi connectivity index (χ4v) is 2.05. The fraction of sp³-hybridized carbons (Fsp3) is 0.533. The van der Waals surface area contributed by atoms with Gasteiger partial charge in [0, 0.05) is 24.7 Å². The monoisotopic (exact) mass is 273 g/mol. The van der Waals surface area contributed by atoms with Gasteiger partial charge in [0.2, 0.25) is 0 Å². The minimum atomic E-state index is 0.285. The summed E-state index contributed by atoms with van der Waals surface area (Å²) >= 11 is 0. The van der Waals surface area contributed by atoms with Crippen molar-refractivity contribution in [3.8, 4) is 5.82 Å². The third-order valence-electron chi connectivity index (χ3n) is 3.28. The highest BCUT2D eigenvalue weighted by Gasteiger charge is 2.13. The van der Waals surface area contributed by atoms with E-state index in [2.05, 4.69) is 54.1 Å². The molecule has 0 aliphatic carbocycles. The highest BCUT2D eigenvalue weighted by molar-refractivity contribution is 5.42. The summed E-state index contributed by atoms with van der Waals surface area (Å²) in [6.07, 6.45) is 1.86. The van der Waals surface area contributed by atoms with Gasteiger partial charge >= 0.3 is 0 Å². The highest BCUT2D eigenvalue weighted by atomic mass is 15.3. The van der Waals surface area contributed by atoms with Crippen LogP contribution in [0.2, 0.25) is 0 Å². The number of anilines is 1. The molecule has 0 aliphatic rings. The van der Waals surface area contributed by atoms with Crippen molar-refractivity contribution < 1.29 is 0 Å². The molecule has 108 valence electrons. The number of hydrogen-bond donors (Lipinski definition) is 1. The summed E-state index contributed by atoms with van der Waals surface area (Å²) in [5.74, 6) is 2.79. The molecular weight excluding hydrogens is 250 g/mol. The Morgan fingerprint density at radius 3 is 2.45 bits per heavy atom. The van der Waals surface area contributed by atoms with Gasteiger partial charge in [0.1, 0.15) is 11.6 Å². The van der Waals surface area contributed by atoms with Crippen molar-refractivity contribution in [2.75, 3.05) is 12.4 Å². The van der Waals surface area contributed by atoms with Gasteiger partial charge in [0.15, 0.2) is 5.82 Å². The molecule has 0 unspecified atom stereocenters. The Hall–Kier alpha value is -1.91. The maximum absolute atomic E-state index is 4.66. The lowest BCUT2D eigenvalue weighted by Gasteiger charge is -2.11. The molecule has 20 heavy (non-hydrogen) atoms. The zero-order valence-corrected chi connectivity index (χ0v) is 12.9. The summed E-state index contributed by atoms with van der Waals surface area (Å²) in [4.78, 5) is 9.15. The first-order valence-corrected chi connectivity index (χ1v) is 7.23. The molecule has 2 aromatic rings. The molecule has 5 nitrogen and oxygen atoms in total. The summed E-state index contributed by atoms with van der Waals surface area (Å²) in [5, 5.41) is 7.74. The first kappa shape index (κ1) is 14.5. The van der Waals surface area contributed by atoms with E-state index in [-0.39, 0.29) is 5.92 Å². The van der Waals surface area contributed by atoms with E-state index in [0.717, 1.165) is 36.0 Å².